The summed E-state index contributed by atoms with van der Waals surface area (Å²) >= 11 is 6.22. The van der Waals surface area contributed by atoms with E-state index in [-0.39, 0.29) is 6.04 Å². The number of halogens is 1. The predicted molar refractivity (Wildman–Crippen MR) is 78.7 cm³/mol. The molecule has 0 amide bonds. The Kier molecular flexibility index (Phi) is 4.52. The van der Waals surface area contributed by atoms with Gasteiger partial charge in [0.15, 0.2) is 11.5 Å². The van der Waals surface area contributed by atoms with Gasteiger partial charge in [0.2, 0.25) is 0 Å². The second-order valence-corrected chi connectivity index (χ2v) is 4.74. The summed E-state index contributed by atoms with van der Waals surface area (Å²) < 4.78 is 12.4. The van der Waals surface area contributed by atoms with E-state index in [2.05, 4.69) is 10.4 Å². The Labute approximate surface area is 123 Å². The van der Waals surface area contributed by atoms with Crippen molar-refractivity contribution in [1.29, 1.82) is 0 Å². The Morgan fingerprint density at radius 2 is 1.95 bits per heavy atom. The van der Waals surface area contributed by atoms with Crippen LogP contribution in [-0.4, -0.2) is 31.0 Å². The molecule has 2 aromatic rings. The van der Waals surface area contributed by atoms with Crippen molar-refractivity contribution in [2.24, 2.45) is 7.05 Å². The molecule has 1 N–H and O–H groups in total. The minimum Gasteiger partial charge on any atom is -0.493 e. The van der Waals surface area contributed by atoms with E-state index in [0.717, 1.165) is 11.3 Å². The Bertz CT molecular complexity index is 579. The molecule has 0 bridgehead atoms. The summed E-state index contributed by atoms with van der Waals surface area (Å²) in [7, 11) is 6.98. The van der Waals surface area contributed by atoms with Gasteiger partial charge in [0.05, 0.1) is 37.2 Å². The monoisotopic (exact) mass is 295 g/mol. The minimum absolute atomic E-state index is 0.0743. The van der Waals surface area contributed by atoms with Crippen LogP contribution >= 0.6 is 11.6 Å². The number of aryl methyl sites for hydroxylation is 1. The Morgan fingerprint density at radius 1 is 1.25 bits per heavy atom. The number of aromatic nitrogens is 2. The van der Waals surface area contributed by atoms with Crippen LogP contribution in [0.25, 0.3) is 0 Å². The van der Waals surface area contributed by atoms with Crippen molar-refractivity contribution < 1.29 is 9.47 Å². The van der Waals surface area contributed by atoms with E-state index in [9.17, 15) is 0 Å². The highest BCUT2D eigenvalue weighted by Gasteiger charge is 2.20. The number of nitrogens with one attached hydrogen (secondary N) is 1. The van der Waals surface area contributed by atoms with Gasteiger partial charge in [0.1, 0.15) is 0 Å². The van der Waals surface area contributed by atoms with Gasteiger partial charge in [-0.15, -0.1) is 0 Å². The number of ether oxygens (including phenoxy) is 2. The van der Waals surface area contributed by atoms with Crippen LogP contribution in [0.2, 0.25) is 5.02 Å². The largest absolute Gasteiger partial charge is 0.493 e. The number of nitrogens with zero attached hydrogens (tertiary/aromatic N) is 2. The van der Waals surface area contributed by atoms with Gasteiger partial charge < -0.3 is 14.8 Å². The van der Waals surface area contributed by atoms with Crippen LogP contribution in [-0.2, 0) is 7.05 Å². The van der Waals surface area contributed by atoms with Crippen molar-refractivity contribution in [3.63, 3.8) is 0 Å². The van der Waals surface area contributed by atoms with Crippen LogP contribution in [0, 0.1) is 0 Å². The van der Waals surface area contributed by atoms with Crippen molar-refractivity contribution in [2.45, 2.75) is 6.04 Å². The van der Waals surface area contributed by atoms with Crippen LogP contribution in [0.1, 0.15) is 17.3 Å². The first kappa shape index (κ1) is 14.7. The number of methoxy groups -OCH3 is 2. The number of hydrogen-bond acceptors (Lipinski definition) is 4. The summed E-state index contributed by atoms with van der Waals surface area (Å²) in [4.78, 5) is 0. The molecular weight excluding hydrogens is 278 g/mol. The highest BCUT2D eigenvalue weighted by atomic mass is 35.5. The molecule has 1 aromatic heterocycles. The third-order valence-electron chi connectivity index (χ3n) is 3.24. The summed E-state index contributed by atoms with van der Waals surface area (Å²) in [5.41, 5.74) is 1.93. The molecule has 1 unspecified atom stereocenters. The van der Waals surface area contributed by atoms with Crippen molar-refractivity contribution >= 4 is 11.6 Å². The number of benzene rings is 1. The molecule has 0 aliphatic rings. The van der Waals surface area contributed by atoms with Gasteiger partial charge in [0.25, 0.3) is 0 Å². The molecule has 2 rings (SSSR count). The summed E-state index contributed by atoms with van der Waals surface area (Å²) in [5.74, 6) is 1.38. The topological polar surface area (TPSA) is 48.3 Å². The van der Waals surface area contributed by atoms with Crippen molar-refractivity contribution in [3.8, 4) is 11.5 Å². The van der Waals surface area contributed by atoms with Gasteiger partial charge in [-0.3, -0.25) is 4.68 Å². The van der Waals surface area contributed by atoms with Crippen molar-refractivity contribution in [3.05, 3.63) is 40.7 Å². The fourth-order valence-electron chi connectivity index (χ4n) is 2.24. The fraction of sp³-hybridized carbons (Fsp3) is 0.357. The van der Waals surface area contributed by atoms with Gasteiger partial charge in [-0.05, 0) is 24.7 Å². The SMILES string of the molecule is CNC(c1ccc(OC)c(OC)c1)c1c(Cl)cnn1C. The average Bonchev–Trinajstić information content (AvgIpc) is 2.80. The van der Waals surface area contributed by atoms with E-state index in [4.69, 9.17) is 21.1 Å². The van der Waals surface area contributed by atoms with E-state index in [1.807, 2.05) is 32.3 Å². The van der Waals surface area contributed by atoms with Gasteiger partial charge in [0, 0.05) is 7.05 Å². The molecule has 1 aromatic carbocycles. The van der Waals surface area contributed by atoms with E-state index in [1.165, 1.54) is 0 Å². The Hall–Kier alpha value is -1.72. The van der Waals surface area contributed by atoms with E-state index >= 15 is 0 Å². The van der Waals surface area contributed by atoms with Gasteiger partial charge in [-0.2, -0.15) is 5.10 Å². The van der Waals surface area contributed by atoms with Gasteiger partial charge in [-0.1, -0.05) is 17.7 Å². The van der Waals surface area contributed by atoms with Crippen molar-refractivity contribution in [2.75, 3.05) is 21.3 Å². The molecule has 0 saturated heterocycles. The zero-order valence-electron chi connectivity index (χ0n) is 12.0. The first-order chi connectivity index (χ1) is 9.62. The molecule has 0 fully saturated rings. The zero-order valence-corrected chi connectivity index (χ0v) is 12.7. The molecule has 0 radical (unpaired) electrons. The molecule has 0 spiro atoms. The minimum atomic E-state index is -0.0743. The molecule has 0 aliphatic carbocycles. The molecule has 0 saturated carbocycles. The first-order valence-corrected chi connectivity index (χ1v) is 6.56. The predicted octanol–water partition coefficient (Wildman–Crippen LogP) is 2.40. The average molecular weight is 296 g/mol. The normalized spacial score (nSPS) is 12.2. The maximum absolute atomic E-state index is 6.22. The lowest BCUT2D eigenvalue weighted by atomic mass is 10.0. The molecular formula is C14H18ClN3O2. The second-order valence-electron chi connectivity index (χ2n) is 4.34. The quantitative estimate of drug-likeness (QED) is 0.920. The Balaban J connectivity index is 2.47. The standard InChI is InChI=1S/C14H18ClN3O2/c1-16-13(14-10(15)8-17-18(14)2)9-5-6-11(19-3)12(7-9)20-4/h5-8,13,16H,1-4H3. The molecule has 1 atom stereocenters. The number of rotatable bonds is 5. The molecule has 5 nitrogen and oxygen atoms in total. The van der Waals surface area contributed by atoms with Gasteiger partial charge >= 0.3 is 0 Å². The molecule has 1 heterocycles. The lowest BCUT2D eigenvalue weighted by Crippen LogP contribution is -2.21. The van der Waals surface area contributed by atoms with E-state index < -0.39 is 0 Å². The lowest BCUT2D eigenvalue weighted by Gasteiger charge is -2.19. The summed E-state index contributed by atoms with van der Waals surface area (Å²) in [6, 6.07) is 5.72. The first-order valence-electron chi connectivity index (χ1n) is 6.19. The van der Waals surface area contributed by atoms with Crippen LogP contribution in [0.5, 0.6) is 11.5 Å². The fourth-order valence-corrected chi connectivity index (χ4v) is 2.51. The van der Waals surface area contributed by atoms with Crippen LogP contribution in [0.15, 0.2) is 24.4 Å². The van der Waals surface area contributed by atoms with Crippen molar-refractivity contribution in [1.82, 2.24) is 15.1 Å². The maximum atomic E-state index is 6.22. The van der Waals surface area contributed by atoms with E-state index in [1.54, 1.807) is 25.1 Å². The summed E-state index contributed by atoms with van der Waals surface area (Å²) in [5, 5.41) is 8.05. The highest BCUT2D eigenvalue weighted by molar-refractivity contribution is 6.31. The smallest absolute Gasteiger partial charge is 0.161 e. The van der Waals surface area contributed by atoms with Crippen LogP contribution in [0.3, 0.4) is 0 Å². The number of hydrogen-bond donors (Lipinski definition) is 1. The highest BCUT2D eigenvalue weighted by Crippen LogP contribution is 2.33. The van der Waals surface area contributed by atoms with Gasteiger partial charge in [-0.25, -0.2) is 0 Å². The molecule has 20 heavy (non-hydrogen) atoms. The third kappa shape index (κ3) is 2.59. The second kappa shape index (κ2) is 6.15. The molecule has 108 valence electrons. The summed E-state index contributed by atoms with van der Waals surface area (Å²) in [6.45, 7) is 0. The lowest BCUT2D eigenvalue weighted by molar-refractivity contribution is 0.354. The third-order valence-corrected chi connectivity index (χ3v) is 3.53. The van der Waals surface area contributed by atoms with Crippen LogP contribution in [0.4, 0.5) is 0 Å². The van der Waals surface area contributed by atoms with Crippen LogP contribution < -0.4 is 14.8 Å². The van der Waals surface area contributed by atoms with E-state index in [0.29, 0.717) is 16.5 Å². The maximum Gasteiger partial charge on any atom is 0.161 e. The summed E-state index contributed by atoms with van der Waals surface area (Å²) in [6.07, 6.45) is 1.64. The Morgan fingerprint density at radius 3 is 2.45 bits per heavy atom. The molecule has 6 heteroatoms. The molecule has 0 aliphatic heterocycles. The zero-order chi connectivity index (χ0) is 14.7.